The van der Waals surface area contributed by atoms with Crippen molar-refractivity contribution in [1.29, 1.82) is 0 Å². The summed E-state index contributed by atoms with van der Waals surface area (Å²) in [6, 6.07) is 3.46. The van der Waals surface area contributed by atoms with Gasteiger partial charge in [0.2, 0.25) is 0 Å². The molecule has 0 aliphatic carbocycles. The molecular formula is C10H9ClO6S. The average molecular weight is 293 g/mol. The molecule has 0 unspecified atom stereocenters. The zero-order chi connectivity index (χ0) is 13.9. The van der Waals surface area contributed by atoms with Gasteiger partial charge in [-0.15, -0.1) is 0 Å². The molecule has 98 valence electrons. The number of hydrogen-bond acceptors (Lipinski definition) is 6. The summed E-state index contributed by atoms with van der Waals surface area (Å²) < 4.78 is 32.0. The third kappa shape index (κ3) is 4.01. The first kappa shape index (κ1) is 14.5. The van der Waals surface area contributed by atoms with Crippen molar-refractivity contribution in [3.05, 3.63) is 18.2 Å². The zero-order valence-corrected chi connectivity index (χ0v) is 11.0. The van der Waals surface area contributed by atoms with Crippen LogP contribution in [0.2, 0.25) is 0 Å². The molecule has 0 aromatic heterocycles. The van der Waals surface area contributed by atoms with Gasteiger partial charge < -0.3 is 9.47 Å². The molecule has 0 saturated heterocycles. The molecule has 6 nitrogen and oxygen atoms in total. The second kappa shape index (κ2) is 5.36. The van der Waals surface area contributed by atoms with E-state index < -0.39 is 25.9 Å². The van der Waals surface area contributed by atoms with Crippen molar-refractivity contribution in [3.63, 3.8) is 0 Å². The van der Waals surface area contributed by atoms with Crippen molar-refractivity contribution in [1.82, 2.24) is 0 Å². The molecule has 0 amide bonds. The van der Waals surface area contributed by atoms with Crippen molar-refractivity contribution in [2.24, 2.45) is 0 Å². The average Bonchev–Trinajstić information content (AvgIpc) is 2.17. The molecule has 0 aliphatic rings. The Kier molecular flexibility index (Phi) is 4.31. The lowest BCUT2D eigenvalue weighted by Crippen LogP contribution is -2.07. The molecule has 18 heavy (non-hydrogen) atoms. The largest absolute Gasteiger partial charge is 0.427 e. The molecule has 0 fully saturated rings. The van der Waals surface area contributed by atoms with Crippen molar-refractivity contribution < 1.29 is 27.5 Å². The first-order valence-corrected chi connectivity index (χ1v) is 6.96. The minimum absolute atomic E-state index is 0.0161. The van der Waals surface area contributed by atoms with E-state index in [9.17, 15) is 18.0 Å². The SMILES string of the molecule is CC(=O)Oc1ccc(OC(C)=O)c(S(=O)(=O)Cl)c1. The van der Waals surface area contributed by atoms with Gasteiger partial charge in [-0.1, -0.05) is 0 Å². The van der Waals surface area contributed by atoms with E-state index in [1.807, 2.05) is 0 Å². The van der Waals surface area contributed by atoms with Gasteiger partial charge in [-0.3, -0.25) is 9.59 Å². The molecule has 0 radical (unpaired) electrons. The summed E-state index contributed by atoms with van der Waals surface area (Å²) >= 11 is 0. The van der Waals surface area contributed by atoms with E-state index >= 15 is 0 Å². The summed E-state index contributed by atoms with van der Waals surface area (Å²) in [5.41, 5.74) is 0. The number of ether oxygens (including phenoxy) is 2. The monoisotopic (exact) mass is 292 g/mol. The first-order valence-electron chi connectivity index (χ1n) is 4.65. The van der Waals surface area contributed by atoms with Crippen LogP contribution in [-0.4, -0.2) is 20.4 Å². The van der Waals surface area contributed by atoms with Crippen LogP contribution in [0, 0.1) is 0 Å². The van der Waals surface area contributed by atoms with Crippen LogP contribution in [-0.2, 0) is 18.6 Å². The Labute approximate surface area is 108 Å². The number of esters is 2. The Bertz CT molecular complexity index is 592. The normalized spacial score (nSPS) is 10.8. The molecule has 0 heterocycles. The number of hydrogen-bond donors (Lipinski definition) is 0. The van der Waals surface area contributed by atoms with Crippen molar-refractivity contribution in [2.45, 2.75) is 18.7 Å². The van der Waals surface area contributed by atoms with E-state index in [4.69, 9.17) is 15.4 Å². The molecule has 8 heteroatoms. The number of carbonyl (C=O) groups excluding carboxylic acids is 2. The second-order valence-electron chi connectivity index (χ2n) is 3.23. The van der Waals surface area contributed by atoms with Crippen molar-refractivity contribution >= 4 is 31.7 Å². The highest BCUT2D eigenvalue weighted by Gasteiger charge is 2.19. The minimum Gasteiger partial charge on any atom is -0.427 e. The van der Waals surface area contributed by atoms with Gasteiger partial charge in [-0.05, 0) is 12.1 Å². The smallest absolute Gasteiger partial charge is 0.308 e. The highest BCUT2D eigenvalue weighted by Crippen LogP contribution is 2.31. The molecule has 1 aromatic carbocycles. The van der Waals surface area contributed by atoms with Gasteiger partial charge in [-0.2, -0.15) is 0 Å². The minimum atomic E-state index is -4.13. The van der Waals surface area contributed by atoms with E-state index in [2.05, 4.69) is 4.74 Å². The lowest BCUT2D eigenvalue weighted by molar-refractivity contribution is -0.133. The van der Waals surface area contributed by atoms with Gasteiger partial charge in [0.25, 0.3) is 9.05 Å². The Morgan fingerprint density at radius 3 is 2.11 bits per heavy atom. The van der Waals surface area contributed by atoms with Crippen LogP contribution in [0.4, 0.5) is 0 Å². The van der Waals surface area contributed by atoms with Crippen LogP contribution in [0.1, 0.15) is 13.8 Å². The van der Waals surface area contributed by atoms with Crippen LogP contribution in [0.25, 0.3) is 0 Å². The van der Waals surface area contributed by atoms with Crippen molar-refractivity contribution in [3.8, 4) is 11.5 Å². The standard InChI is InChI=1S/C10H9ClO6S/c1-6(12)16-8-3-4-9(17-7(2)13)10(5-8)18(11,14)15/h3-5H,1-2H3. The molecule has 0 saturated carbocycles. The first-order chi connectivity index (χ1) is 8.20. The number of rotatable bonds is 3. The molecule has 0 bridgehead atoms. The predicted octanol–water partition coefficient (Wildman–Crippen LogP) is 1.46. The molecule has 1 aromatic rings. The summed E-state index contributed by atoms with van der Waals surface area (Å²) in [6.07, 6.45) is 0. The van der Waals surface area contributed by atoms with E-state index in [0.717, 1.165) is 19.9 Å². The molecular weight excluding hydrogens is 284 g/mol. The molecule has 1 rings (SSSR count). The highest BCUT2D eigenvalue weighted by molar-refractivity contribution is 8.13. The molecule has 0 atom stereocenters. The fourth-order valence-electron chi connectivity index (χ4n) is 1.15. The fourth-order valence-corrected chi connectivity index (χ4v) is 2.12. The van der Waals surface area contributed by atoms with Crippen LogP contribution in [0.15, 0.2) is 23.1 Å². The molecule has 0 spiro atoms. The van der Waals surface area contributed by atoms with E-state index in [1.54, 1.807) is 0 Å². The maximum absolute atomic E-state index is 11.3. The Morgan fingerprint density at radius 1 is 1.11 bits per heavy atom. The summed E-state index contributed by atoms with van der Waals surface area (Å²) in [6.45, 7) is 2.28. The van der Waals surface area contributed by atoms with Gasteiger partial charge in [0, 0.05) is 30.6 Å². The van der Waals surface area contributed by atoms with Gasteiger partial charge in [0.15, 0.2) is 5.75 Å². The van der Waals surface area contributed by atoms with Gasteiger partial charge in [-0.25, -0.2) is 8.42 Å². The van der Waals surface area contributed by atoms with E-state index in [1.165, 1.54) is 12.1 Å². The second-order valence-corrected chi connectivity index (χ2v) is 5.77. The number of halogens is 1. The van der Waals surface area contributed by atoms with Gasteiger partial charge >= 0.3 is 11.9 Å². The zero-order valence-electron chi connectivity index (χ0n) is 9.47. The van der Waals surface area contributed by atoms with Gasteiger partial charge in [0.05, 0.1) is 0 Å². The van der Waals surface area contributed by atoms with E-state index in [0.29, 0.717) is 0 Å². The Morgan fingerprint density at radius 2 is 1.67 bits per heavy atom. The lowest BCUT2D eigenvalue weighted by Gasteiger charge is -2.08. The molecule has 0 N–H and O–H groups in total. The van der Waals surface area contributed by atoms with E-state index in [-0.39, 0.29) is 11.5 Å². The number of benzene rings is 1. The maximum atomic E-state index is 11.3. The van der Waals surface area contributed by atoms with Crippen LogP contribution < -0.4 is 9.47 Å². The van der Waals surface area contributed by atoms with Gasteiger partial charge in [0.1, 0.15) is 10.6 Å². The van der Waals surface area contributed by atoms with Crippen molar-refractivity contribution in [2.75, 3.05) is 0 Å². The summed E-state index contributed by atoms with van der Waals surface area (Å²) in [5.74, 6) is -1.56. The Balaban J connectivity index is 3.29. The topological polar surface area (TPSA) is 86.7 Å². The fraction of sp³-hybridized carbons (Fsp3) is 0.200. The summed E-state index contributed by atoms with van der Waals surface area (Å²) in [4.78, 5) is 21.1. The third-order valence-corrected chi connectivity index (χ3v) is 3.04. The molecule has 0 aliphatic heterocycles. The van der Waals surface area contributed by atoms with Crippen LogP contribution >= 0.6 is 10.7 Å². The quantitative estimate of drug-likeness (QED) is 0.476. The predicted molar refractivity (Wildman–Crippen MR) is 62.1 cm³/mol. The van der Waals surface area contributed by atoms with Crippen LogP contribution in [0.5, 0.6) is 11.5 Å². The summed E-state index contributed by atoms with van der Waals surface area (Å²) in [5, 5.41) is 0. The lowest BCUT2D eigenvalue weighted by atomic mass is 10.3. The number of carbonyl (C=O) groups is 2. The maximum Gasteiger partial charge on any atom is 0.308 e. The van der Waals surface area contributed by atoms with Crippen LogP contribution in [0.3, 0.4) is 0 Å². The summed E-state index contributed by atoms with van der Waals surface area (Å²) in [7, 11) is 1.06. The highest BCUT2D eigenvalue weighted by atomic mass is 35.7. The third-order valence-electron chi connectivity index (χ3n) is 1.69. The Hall–Kier alpha value is -1.60.